The van der Waals surface area contributed by atoms with Gasteiger partial charge in [-0.05, 0) is 6.42 Å². The number of nitrogen functional groups attached to an aromatic ring is 1. The Morgan fingerprint density at radius 1 is 1.45 bits per heavy atom. The SMILES string of the molecule is CCC1COCCN1c1cc(NN)nc(C(C)(C)C)n1. The van der Waals surface area contributed by atoms with Gasteiger partial charge in [-0.25, -0.2) is 15.8 Å². The molecule has 1 atom stereocenters. The largest absolute Gasteiger partial charge is 0.377 e. The van der Waals surface area contributed by atoms with Crippen molar-refractivity contribution in [3.05, 3.63) is 11.9 Å². The third-order valence-corrected chi connectivity index (χ3v) is 3.52. The lowest BCUT2D eigenvalue weighted by Crippen LogP contribution is -2.46. The molecular formula is C14H25N5O. The summed E-state index contributed by atoms with van der Waals surface area (Å²) < 4.78 is 5.55. The zero-order valence-electron chi connectivity index (χ0n) is 12.8. The molecule has 2 rings (SSSR count). The van der Waals surface area contributed by atoms with Crippen LogP contribution in [0.3, 0.4) is 0 Å². The van der Waals surface area contributed by atoms with Crippen molar-refractivity contribution in [2.75, 3.05) is 30.1 Å². The second-order valence-corrected chi connectivity index (χ2v) is 6.16. The number of hydrogen-bond donors (Lipinski definition) is 2. The van der Waals surface area contributed by atoms with Crippen LogP contribution < -0.4 is 16.2 Å². The number of aromatic nitrogens is 2. The van der Waals surface area contributed by atoms with Gasteiger partial charge in [0.25, 0.3) is 0 Å². The first kappa shape index (κ1) is 15.0. The zero-order valence-corrected chi connectivity index (χ0v) is 12.8. The average molecular weight is 279 g/mol. The monoisotopic (exact) mass is 279 g/mol. The second kappa shape index (κ2) is 5.93. The van der Waals surface area contributed by atoms with Crippen LogP contribution >= 0.6 is 0 Å². The number of ether oxygens (including phenoxy) is 1. The van der Waals surface area contributed by atoms with Gasteiger partial charge in [-0.15, -0.1) is 0 Å². The highest BCUT2D eigenvalue weighted by Crippen LogP contribution is 2.26. The fourth-order valence-corrected chi connectivity index (χ4v) is 2.29. The summed E-state index contributed by atoms with van der Waals surface area (Å²) in [5.41, 5.74) is 2.53. The quantitative estimate of drug-likeness (QED) is 0.647. The molecule has 0 spiro atoms. The minimum absolute atomic E-state index is 0.115. The van der Waals surface area contributed by atoms with Crippen LogP contribution in [0, 0.1) is 0 Å². The van der Waals surface area contributed by atoms with Crippen molar-refractivity contribution in [2.45, 2.75) is 45.6 Å². The van der Waals surface area contributed by atoms with Crippen molar-refractivity contribution in [3.63, 3.8) is 0 Å². The number of hydrogen-bond acceptors (Lipinski definition) is 6. The van der Waals surface area contributed by atoms with Gasteiger partial charge in [0.1, 0.15) is 17.5 Å². The number of nitrogens with two attached hydrogens (primary N) is 1. The van der Waals surface area contributed by atoms with Gasteiger partial charge in [0, 0.05) is 18.0 Å². The van der Waals surface area contributed by atoms with E-state index >= 15 is 0 Å². The fraction of sp³-hybridized carbons (Fsp3) is 0.714. The first-order valence-corrected chi connectivity index (χ1v) is 7.16. The maximum Gasteiger partial charge on any atom is 0.145 e. The lowest BCUT2D eigenvalue weighted by molar-refractivity contribution is 0.0925. The summed E-state index contributed by atoms with van der Waals surface area (Å²) in [4.78, 5) is 11.5. The van der Waals surface area contributed by atoms with Crippen molar-refractivity contribution in [1.82, 2.24) is 9.97 Å². The Bertz CT molecular complexity index is 457. The maximum atomic E-state index is 5.55. The van der Waals surface area contributed by atoms with Gasteiger partial charge in [0.05, 0.1) is 19.3 Å². The molecular weight excluding hydrogens is 254 g/mol. The van der Waals surface area contributed by atoms with E-state index in [1.807, 2.05) is 6.07 Å². The number of nitrogens with one attached hydrogen (secondary N) is 1. The van der Waals surface area contributed by atoms with E-state index in [9.17, 15) is 0 Å². The Morgan fingerprint density at radius 3 is 2.80 bits per heavy atom. The zero-order chi connectivity index (χ0) is 14.8. The molecule has 1 aliphatic heterocycles. The Labute approximate surface area is 120 Å². The molecule has 0 saturated carbocycles. The van der Waals surface area contributed by atoms with E-state index in [1.54, 1.807) is 0 Å². The van der Waals surface area contributed by atoms with Crippen LogP contribution in [0.2, 0.25) is 0 Å². The number of morpholine rings is 1. The Hall–Kier alpha value is -1.40. The molecule has 1 aromatic rings. The highest BCUT2D eigenvalue weighted by molar-refractivity contribution is 5.50. The standard InChI is InChI=1S/C14H25N5O/c1-5-10-9-20-7-6-19(10)12-8-11(18-15)16-13(17-12)14(2,3)4/h8,10H,5-7,9,15H2,1-4H3,(H,16,17,18). The summed E-state index contributed by atoms with van der Waals surface area (Å²) in [5.74, 6) is 7.92. The molecule has 2 heterocycles. The molecule has 3 N–H and O–H groups in total. The van der Waals surface area contributed by atoms with Gasteiger partial charge in [-0.3, -0.25) is 0 Å². The average Bonchev–Trinajstić information content (AvgIpc) is 2.45. The van der Waals surface area contributed by atoms with Crippen molar-refractivity contribution < 1.29 is 4.74 Å². The normalized spacial score (nSPS) is 20.1. The molecule has 0 amide bonds. The molecule has 1 aliphatic rings. The van der Waals surface area contributed by atoms with Crippen LogP contribution in [0.4, 0.5) is 11.6 Å². The van der Waals surface area contributed by atoms with E-state index < -0.39 is 0 Å². The molecule has 6 heteroatoms. The molecule has 1 aromatic heterocycles. The lowest BCUT2D eigenvalue weighted by atomic mass is 9.95. The van der Waals surface area contributed by atoms with Gasteiger partial charge < -0.3 is 15.1 Å². The highest BCUT2D eigenvalue weighted by atomic mass is 16.5. The van der Waals surface area contributed by atoms with Gasteiger partial charge in [0.2, 0.25) is 0 Å². The molecule has 0 aromatic carbocycles. The van der Waals surface area contributed by atoms with E-state index in [-0.39, 0.29) is 5.41 Å². The minimum atomic E-state index is -0.115. The summed E-state index contributed by atoms with van der Waals surface area (Å²) >= 11 is 0. The van der Waals surface area contributed by atoms with E-state index in [4.69, 9.17) is 15.6 Å². The minimum Gasteiger partial charge on any atom is -0.377 e. The molecule has 1 saturated heterocycles. The van der Waals surface area contributed by atoms with Crippen LogP contribution in [-0.2, 0) is 10.2 Å². The number of rotatable bonds is 3. The molecule has 0 radical (unpaired) electrons. The predicted molar refractivity (Wildman–Crippen MR) is 80.8 cm³/mol. The lowest BCUT2D eigenvalue weighted by Gasteiger charge is -2.36. The van der Waals surface area contributed by atoms with Crippen LogP contribution in [0.5, 0.6) is 0 Å². The van der Waals surface area contributed by atoms with E-state index in [2.05, 4.69) is 43.0 Å². The summed E-state index contributed by atoms with van der Waals surface area (Å²) in [6, 6.07) is 2.26. The Balaban J connectivity index is 2.39. The van der Waals surface area contributed by atoms with E-state index in [0.29, 0.717) is 11.9 Å². The van der Waals surface area contributed by atoms with Crippen LogP contribution in [0.25, 0.3) is 0 Å². The van der Waals surface area contributed by atoms with Crippen molar-refractivity contribution in [2.24, 2.45) is 5.84 Å². The smallest absolute Gasteiger partial charge is 0.145 e. The molecule has 6 nitrogen and oxygen atoms in total. The van der Waals surface area contributed by atoms with Gasteiger partial charge >= 0.3 is 0 Å². The third kappa shape index (κ3) is 3.19. The Kier molecular flexibility index (Phi) is 4.45. The third-order valence-electron chi connectivity index (χ3n) is 3.52. The predicted octanol–water partition coefficient (Wildman–Crippen LogP) is 1.67. The Morgan fingerprint density at radius 2 is 2.20 bits per heavy atom. The van der Waals surface area contributed by atoms with Crippen LogP contribution in [0.15, 0.2) is 6.07 Å². The summed E-state index contributed by atoms with van der Waals surface area (Å²) in [6.45, 7) is 10.8. The maximum absolute atomic E-state index is 5.55. The second-order valence-electron chi connectivity index (χ2n) is 6.16. The molecule has 1 fully saturated rings. The number of anilines is 2. The molecule has 20 heavy (non-hydrogen) atoms. The first-order valence-electron chi connectivity index (χ1n) is 7.16. The number of hydrazine groups is 1. The molecule has 1 unspecified atom stereocenters. The molecule has 112 valence electrons. The van der Waals surface area contributed by atoms with Crippen molar-refractivity contribution >= 4 is 11.6 Å². The summed E-state index contributed by atoms with van der Waals surface area (Å²) in [7, 11) is 0. The molecule has 0 aliphatic carbocycles. The topological polar surface area (TPSA) is 76.3 Å². The summed E-state index contributed by atoms with van der Waals surface area (Å²) in [6.07, 6.45) is 1.03. The fourth-order valence-electron chi connectivity index (χ4n) is 2.29. The van der Waals surface area contributed by atoms with Gasteiger partial charge in [-0.1, -0.05) is 27.7 Å². The van der Waals surface area contributed by atoms with Gasteiger partial charge in [-0.2, -0.15) is 0 Å². The van der Waals surface area contributed by atoms with E-state index in [0.717, 1.165) is 37.8 Å². The summed E-state index contributed by atoms with van der Waals surface area (Å²) in [5, 5.41) is 0. The van der Waals surface area contributed by atoms with Crippen LogP contribution in [0.1, 0.15) is 39.9 Å². The number of nitrogens with zero attached hydrogens (tertiary/aromatic N) is 3. The van der Waals surface area contributed by atoms with Gasteiger partial charge in [0.15, 0.2) is 0 Å². The van der Waals surface area contributed by atoms with E-state index in [1.165, 1.54) is 0 Å². The first-order chi connectivity index (χ1) is 9.45. The van der Waals surface area contributed by atoms with Crippen LogP contribution in [-0.4, -0.2) is 35.8 Å². The highest BCUT2D eigenvalue weighted by Gasteiger charge is 2.26. The molecule has 0 bridgehead atoms. The van der Waals surface area contributed by atoms with Crippen molar-refractivity contribution in [3.8, 4) is 0 Å². The van der Waals surface area contributed by atoms with Crippen molar-refractivity contribution in [1.29, 1.82) is 0 Å².